The molecule has 0 fully saturated rings. The monoisotopic (exact) mass is 552 g/mol. The fourth-order valence-corrected chi connectivity index (χ4v) is 3.76. The van der Waals surface area contributed by atoms with Gasteiger partial charge in [0.15, 0.2) is 6.61 Å². The predicted octanol–water partition coefficient (Wildman–Crippen LogP) is 5.66. The van der Waals surface area contributed by atoms with Gasteiger partial charge < -0.3 is 15.0 Å². The molecule has 2 rings (SSSR count). The lowest BCUT2D eigenvalue weighted by Crippen LogP contribution is -2.49. The fourth-order valence-electron chi connectivity index (χ4n) is 2.98. The van der Waals surface area contributed by atoms with Crippen LogP contribution in [-0.2, 0) is 16.1 Å². The average molecular weight is 554 g/mol. The largest absolute Gasteiger partial charge is 0.483 e. The zero-order valence-electron chi connectivity index (χ0n) is 18.5. The van der Waals surface area contributed by atoms with Gasteiger partial charge in [0.25, 0.3) is 5.91 Å². The summed E-state index contributed by atoms with van der Waals surface area (Å²) in [4.78, 5) is 27.2. The summed E-state index contributed by atoms with van der Waals surface area (Å²) >= 11 is 6.95. The molecule has 0 saturated heterocycles. The molecule has 0 spiro atoms. The van der Waals surface area contributed by atoms with Crippen LogP contribution in [-0.4, -0.2) is 35.9 Å². The van der Waals surface area contributed by atoms with Crippen molar-refractivity contribution >= 4 is 43.7 Å². The molecule has 1 N–H and O–H groups in total. The molecule has 1 atom stereocenters. The van der Waals surface area contributed by atoms with Crippen molar-refractivity contribution in [3.8, 4) is 5.75 Å². The molecular formula is C24H30Br2N2O3. The second-order valence-electron chi connectivity index (χ2n) is 7.75. The zero-order chi connectivity index (χ0) is 23.0. The summed E-state index contributed by atoms with van der Waals surface area (Å²) in [5, 5.41) is 2.87. The molecule has 0 radical (unpaired) electrons. The maximum absolute atomic E-state index is 13.1. The highest BCUT2D eigenvalue weighted by molar-refractivity contribution is 9.10. The lowest BCUT2D eigenvalue weighted by Gasteiger charge is -2.29. The summed E-state index contributed by atoms with van der Waals surface area (Å²) in [5.74, 6) is 0.581. The van der Waals surface area contributed by atoms with Gasteiger partial charge >= 0.3 is 0 Å². The minimum Gasteiger partial charge on any atom is -0.483 e. The Labute approximate surface area is 201 Å². The number of halogens is 2. The van der Waals surface area contributed by atoms with Crippen molar-refractivity contribution in [2.75, 3.05) is 13.2 Å². The van der Waals surface area contributed by atoms with Gasteiger partial charge in [-0.3, -0.25) is 9.59 Å². The van der Waals surface area contributed by atoms with Crippen molar-refractivity contribution < 1.29 is 14.3 Å². The Hall–Kier alpha value is -1.86. The van der Waals surface area contributed by atoms with Gasteiger partial charge in [-0.1, -0.05) is 54.9 Å². The number of hydrogen-bond donors (Lipinski definition) is 1. The molecule has 31 heavy (non-hydrogen) atoms. The van der Waals surface area contributed by atoms with E-state index in [0.717, 1.165) is 20.9 Å². The van der Waals surface area contributed by atoms with Crippen molar-refractivity contribution in [1.82, 2.24) is 10.2 Å². The van der Waals surface area contributed by atoms with Gasteiger partial charge in [0.1, 0.15) is 11.8 Å². The van der Waals surface area contributed by atoms with Crippen LogP contribution in [0, 0.1) is 0 Å². The Bertz CT molecular complexity index is 885. The molecule has 0 saturated carbocycles. The molecule has 2 aromatic carbocycles. The van der Waals surface area contributed by atoms with Gasteiger partial charge in [-0.2, -0.15) is 0 Å². The molecule has 2 aromatic rings. The molecule has 0 aromatic heterocycles. The number of nitrogens with zero attached hydrogens (tertiary/aromatic N) is 1. The quantitative estimate of drug-likeness (QED) is 0.413. The van der Waals surface area contributed by atoms with E-state index in [9.17, 15) is 9.59 Å². The summed E-state index contributed by atoms with van der Waals surface area (Å²) in [7, 11) is 0. The van der Waals surface area contributed by atoms with Gasteiger partial charge in [-0.25, -0.2) is 0 Å². The first-order valence-electron chi connectivity index (χ1n) is 10.5. The van der Waals surface area contributed by atoms with Gasteiger partial charge in [0.2, 0.25) is 5.91 Å². The molecule has 0 heterocycles. The first kappa shape index (κ1) is 25.4. The van der Waals surface area contributed by atoms with E-state index in [4.69, 9.17) is 4.74 Å². The Morgan fingerprint density at radius 3 is 2.32 bits per heavy atom. The minimum absolute atomic E-state index is 0.151. The van der Waals surface area contributed by atoms with Gasteiger partial charge in [0, 0.05) is 17.6 Å². The lowest BCUT2D eigenvalue weighted by atomic mass is 10.0. The summed E-state index contributed by atoms with van der Waals surface area (Å²) in [6.07, 6.45) is 0.836. The second-order valence-corrected chi connectivity index (χ2v) is 9.52. The molecule has 2 amide bonds. The predicted molar refractivity (Wildman–Crippen MR) is 131 cm³/mol. The Kier molecular flexibility index (Phi) is 10.0. The molecule has 0 aliphatic carbocycles. The van der Waals surface area contributed by atoms with E-state index in [1.807, 2.05) is 49.4 Å². The number of benzene rings is 2. The van der Waals surface area contributed by atoms with Gasteiger partial charge in [-0.15, -0.1) is 0 Å². The van der Waals surface area contributed by atoms with E-state index >= 15 is 0 Å². The molecular weight excluding hydrogens is 524 g/mol. The fraction of sp³-hybridized carbons (Fsp3) is 0.417. The van der Waals surface area contributed by atoms with E-state index in [-0.39, 0.29) is 18.4 Å². The third-order valence-corrected chi connectivity index (χ3v) is 6.10. The summed E-state index contributed by atoms with van der Waals surface area (Å²) in [5.41, 5.74) is 2.12. The highest BCUT2D eigenvalue weighted by Gasteiger charge is 2.26. The number of carbonyl (C=O) groups excluding carboxylic acids is 2. The SMILES string of the molecule is CCCNC(=O)[C@@H](C)N(Cc1ccc(Br)cc1)C(=O)COc1ccc(C(C)C)cc1Br. The third-order valence-electron chi connectivity index (χ3n) is 4.96. The molecule has 168 valence electrons. The number of amides is 2. The highest BCUT2D eigenvalue weighted by atomic mass is 79.9. The minimum atomic E-state index is -0.613. The number of carbonyl (C=O) groups is 2. The first-order chi connectivity index (χ1) is 14.7. The van der Waals surface area contributed by atoms with Crippen LogP contribution in [0.4, 0.5) is 0 Å². The van der Waals surface area contributed by atoms with Crippen LogP contribution < -0.4 is 10.1 Å². The van der Waals surface area contributed by atoms with Crippen LogP contribution in [0.25, 0.3) is 0 Å². The second kappa shape index (κ2) is 12.2. The van der Waals surface area contributed by atoms with E-state index in [0.29, 0.717) is 24.8 Å². The van der Waals surface area contributed by atoms with Gasteiger partial charge in [0.05, 0.1) is 4.47 Å². The van der Waals surface area contributed by atoms with Crippen molar-refractivity contribution in [2.24, 2.45) is 0 Å². The number of nitrogens with one attached hydrogen (secondary N) is 1. The topological polar surface area (TPSA) is 58.6 Å². The van der Waals surface area contributed by atoms with Crippen molar-refractivity contribution in [2.45, 2.75) is 52.6 Å². The van der Waals surface area contributed by atoms with Crippen LogP contribution in [0.2, 0.25) is 0 Å². The normalized spacial score (nSPS) is 11.8. The average Bonchev–Trinajstić information content (AvgIpc) is 2.75. The van der Waals surface area contributed by atoms with E-state index in [1.54, 1.807) is 11.8 Å². The van der Waals surface area contributed by atoms with Crippen LogP contribution in [0.5, 0.6) is 5.75 Å². The molecule has 0 aliphatic rings. The maximum atomic E-state index is 13.1. The molecule has 7 heteroatoms. The number of ether oxygens (including phenoxy) is 1. The summed E-state index contributed by atoms with van der Waals surface area (Å²) in [6, 6.07) is 13.0. The van der Waals surface area contributed by atoms with Crippen molar-refractivity contribution in [1.29, 1.82) is 0 Å². The lowest BCUT2D eigenvalue weighted by molar-refractivity contribution is -0.142. The molecule has 0 aliphatic heterocycles. The van der Waals surface area contributed by atoms with E-state index in [1.165, 1.54) is 5.56 Å². The third kappa shape index (κ3) is 7.65. The molecule has 0 bridgehead atoms. The van der Waals surface area contributed by atoms with Crippen LogP contribution in [0.3, 0.4) is 0 Å². The molecule has 5 nitrogen and oxygen atoms in total. The van der Waals surface area contributed by atoms with Crippen LogP contribution in [0.1, 0.15) is 51.2 Å². The van der Waals surface area contributed by atoms with Crippen molar-refractivity contribution in [3.63, 3.8) is 0 Å². The smallest absolute Gasteiger partial charge is 0.261 e. The van der Waals surface area contributed by atoms with E-state index in [2.05, 4.69) is 51.0 Å². The molecule has 0 unspecified atom stereocenters. The highest BCUT2D eigenvalue weighted by Crippen LogP contribution is 2.29. The van der Waals surface area contributed by atoms with Crippen LogP contribution >= 0.6 is 31.9 Å². The standard InChI is InChI=1S/C24H30Br2N2O3/c1-5-12-27-24(30)17(4)28(14-18-6-9-20(25)10-7-18)23(29)15-31-22-11-8-19(16(2)3)13-21(22)26/h6-11,13,16-17H,5,12,14-15H2,1-4H3,(H,27,30)/t17-/m1/s1. The summed E-state index contributed by atoms with van der Waals surface area (Å²) in [6.45, 7) is 8.73. The van der Waals surface area contributed by atoms with Crippen LogP contribution in [0.15, 0.2) is 51.4 Å². The first-order valence-corrected chi connectivity index (χ1v) is 12.0. The Morgan fingerprint density at radius 2 is 1.74 bits per heavy atom. The number of rotatable bonds is 10. The number of hydrogen-bond acceptors (Lipinski definition) is 3. The zero-order valence-corrected chi connectivity index (χ0v) is 21.6. The van der Waals surface area contributed by atoms with Crippen molar-refractivity contribution in [3.05, 3.63) is 62.5 Å². The maximum Gasteiger partial charge on any atom is 0.261 e. The van der Waals surface area contributed by atoms with E-state index < -0.39 is 6.04 Å². The Balaban J connectivity index is 2.14. The summed E-state index contributed by atoms with van der Waals surface area (Å²) < 4.78 is 7.57. The van der Waals surface area contributed by atoms with Gasteiger partial charge in [-0.05, 0) is 70.6 Å². The Morgan fingerprint density at radius 1 is 1.06 bits per heavy atom.